The molecule has 0 saturated heterocycles. The van der Waals surface area contributed by atoms with E-state index in [1.165, 1.54) is 19.2 Å². The third-order valence-electron chi connectivity index (χ3n) is 2.78. The van der Waals surface area contributed by atoms with E-state index in [1.54, 1.807) is 24.3 Å². The molecule has 0 unspecified atom stereocenters. The van der Waals surface area contributed by atoms with Gasteiger partial charge in [0.25, 0.3) is 0 Å². The van der Waals surface area contributed by atoms with E-state index >= 15 is 0 Å². The van der Waals surface area contributed by atoms with E-state index < -0.39 is 15.7 Å². The van der Waals surface area contributed by atoms with Crippen molar-refractivity contribution in [2.45, 2.75) is 10.6 Å². The molecule has 0 radical (unpaired) electrons. The van der Waals surface area contributed by atoms with Crippen LogP contribution in [0.25, 0.3) is 0 Å². The Morgan fingerprint density at radius 3 is 2.60 bits per heavy atom. The minimum atomic E-state index is -3.77. The van der Waals surface area contributed by atoms with E-state index in [9.17, 15) is 12.8 Å². The molecule has 0 heterocycles. The summed E-state index contributed by atoms with van der Waals surface area (Å²) in [5.74, 6) is -0.589. The Hall–Kier alpha value is -2.08. The van der Waals surface area contributed by atoms with Crippen molar-refractivity contribution < 1.29 is 17.5 Å². The number of nitrogen functional groups attached to an aromatic ring is 1. The van der Waals surface area contributed by atoms with Gasteiger partial charge in [0.1, 0.15) is 16.5 Å². The molecule has 4 nitrogen and oxygen atoms in total. The van der Waals surface area contributed by atoms with Crippen LogP contribution >= 0.6 is 0 Å². The zero-order valence-corrected chi connectivity index (χ0v) is 11.7. The molecule has 0 amide bonds. The summed E-state index contributed by atoms with van der Waals surface area (Å²) >= 11 is 0. The lowest BCUT2D eigenvalue weighted by molar-refractivity contribution is 0.414. The Balaban J connectivity index is 2.35. The van der Waals surface area contributed by atoms with Crippen molar-refractivity contribution in [2.75, 3.05) is 12.8 Å². The van der Waals surface area contributed by atoms with Crippen LogP contribution in [0.1, 0.15) is 5.56 Å². The standard InChI is InChI=1S/C14H14FNO3S/c1-19-12-4-2-3-10(7-12)9-20(17,18)14-6-5-11(16)8-13(14)15/h2-8H,9,16H2,1H3. The summed E-state index contributed by atoms with van der Waals surface area (Å²) in [5.41, 5.74) is 6.12. The Morgan fingerprint density at radius 2 is 1.95 bits per heavy atom. The third-order valence-corrected chi connectivity index (χ3v) is 4.50. The zero-order valence-electron chi connectivity index (χ0n) is 10.8. The van der Waals surface area contributed by atoms with Gasteiger partial charge in [-0.1, -0.05) is 12.1 Å². The second kappa shape index (κ2) is 5.50. The maximum absolute atomic E-state index is 13.7. The van der Waals surface area contributed by atoms with Crippen LogP contribution in [-0.4, -0.2) is 15.5 Å². The molecule has 2 N–H and O–H groups in total. The van der Waals surface area contributed by atoms with Crippen molar-refractivity contribution in [3.05, 3.63) is 53.8 Å². The summed E-state index contributed by atoms with van der Waals surface area (Å²) in [6.45, 7) is 0. The lowest BCUT2D eigenvalue weighted by atomic mass is 10.2. The van der Waals surface area contributed by atoms with Crippen molar-refractivity contribution in [1.82, 2.24) is 0 Å². The largest absolute Gasteiger partial charge is 0.497 e. The fraction of sp³-hybridized carbons (Fsp3) is 0.143. The molecule has 106 valence electrons. The molecule has 20 heavy (non-hydrogen) atoms. The van der Waals surface area contributed by atoms with Crippen LogP contribution < -0.4 is 10.5 Å². The summed E-state index contributed by atoms with van der Waals surface area (Å²) in [7, 11) is -2.28. The summed E-state index contributed by atoms with van der Waals surface area (Å²) in [6, 6.07) is 10.2. The zero-order chi connectivity index (χ0) is 14.8. The lowest BCUT2D eigenvalue weighted by Gasteiger charge is -2.08. The van der Waals surface area contributed by atoms with Crippen molar-refractivity contribution in [3.8, 4) is 5.75 Å². The summed E-state index contributed by atoms with van der Waals surface area (Å²) in [4.78, 5) is -0.352. The highest BCUT2D eigenvalue weighted by molar-refractivity contribution is 7.90. The number of sulfone groups is 1. The summed E-state index contributed by atoms with van der Waals surface area (Å²) < 4.78 is 43.2. The molecule has 0 aliphatic rings. The third kappa shape index (κ3) is 3.08. The molecule has 0 aliphatic carbocycles. The van der Waals surface area contributed by atoms with Gasteiger partial charge in [-0.15, -0.1) is 0 Å². The molecule has 2 rings (SSSR count). The molecular formula is C14H14FNO3S. The molecule has 0 spiro atoms. The van der Waals surface area contributed by atoms with Crippen molar-refractivity contribution >= 4 is 15.5 Å². The Labute approximate surface area is 116 Å². The first-order valence-corrected chi connectivity index (χ1v) is 7.48. The van der Waals surface area contributed by atoms with Gasteiger partial charge in [-0.3, -0.25) is 0 Å². The Bertz CT molecular complexity index is 729. The van der Waals surface area contributed by atoms with Crippen molar-refractivity contribution in [2.24, 2.45) is 0 Å². The van der Waals surface area contributed by atoms with Gasteiger partial charge in [-0.25, -0.2) is 12.8 Å². The monoisotopic (exact) mass is 295 g/mol. The first-order chi connectivity index (χ1) is 9.42. The highest BCUT2D eigenvalue weighted by Crippen LogP contribution is 2.23. The molecule has 0 saturated carbocycles. The number of ether oxygens (including phenoxy) is 1. The van der Waals surface area contributed by atoms with Crippen LogP contribution in [0, 0.1) is 5.82 Å². The van der Waals surface area contributed by atoms with Crippen LogP contribution in [0.3, 0.4) is 0 Å². The quantitative estimate of drug-likeness (QED) is 0.879. The van der Waals surface area contributed by atoms with Gasteiger partial charge in [0, 0.05) is 5.69 Å². The number of nitrogens with two attached hydrogens (primary N) is 1. The number of halogens is 1. The van der Waals surface area contributed by atoms with Crippen molar-refractivity contribution in [1.29, 1.82) is 0 Å². The molecular weight excluding hydrogens is 281 g/mol. The first-order valence-electron chi connectivity index (χ1n) is 5.83. The summed E-state index contributed by atoms with van der Waals surface area (Å²) in [5, 5.41) is 0. The molecule has 2 aromatic rings. The molecule has 6 heteroatoms. The maximum Gasteiger partial charge on any atom is 0.185 e. The normalized spacial score (nSPS) is 11.3. The van der Waals surface area contributed by atoms with Crippen LogP contribution in [0.5, 0.6) is 5.75 Å². The van der Waals surface area contributed by atoms with E-state index in [0.717, 1.165) is 6.07 Å². The minimum Gasteiger partial charge on any atom is -0.497 e. The van der Waals surface area contributed by atoms with E-state index in [0.29, 0.717) is 11.3 Å². The van der Waals surface area contributed by atoms with Crippen molar-refractivity contribution in [3.63, 3.8) is 0 Å². The van der Waals surface area contributed by atoms with E-state index in [1.807, 2.05) is 0 Å². The second-order valence-corrected chi connectivity index (χ2v) is 6.26. The average Bonchev–Trinajstić information content (AvgIpc) is 2.37. The van der Waals surface area contributed by atoms with Gasteiger partial charge >= 0.3 is 0 Å². The predicted molar refractivity (Wildman–Crippen MR) is 74.7 cm³/mol. The van der Waals surface area contributed by atoms with E-state index in [4.69, 9.17) is 10.5 Å². The van der Waals surface area contributed by atoms with Crippen LogP contribution in [0.4, 0.5) is 10.1 Å². The number of methoxy groups -OCH3 is 1. The van der Waals surface area contributed by atoms with Crippen LogP contribution in [-0.2, 0) is 15.6 Å². The smallest absolute Gasteiger partial charge is 0.185 e. The van der Waals surface area contributed by atoms with Crippen LogP contribution in [0.2, 0.25) is 0 Å². The summed E-state index contributed by atoms with van der Waals surface area (Å²) in [6.07, 6.45) is 0. The minimum absolute atomic E-state index is 0.183. The maximum atomic E-state index is 13.7. The van der Waals surface area contributed by atoms with Gasteiger partial charge < -0.3 is 10.5 Å². The topological polar surface area (TPSA) is 69.4 Å². The fourth-order valence-corrected chi connectivity index (χ4v) is 3.23. The highest BCUT2D eigenvalue weighted by atomic mass is 32.2. The van der Waals surface area contributed by atoms with Gasteiger partial charge in [-0.05, 0) is 35.9 Å². The highest BCUT2D eigenvalue weighted by Gasteiger charge is 2.20. The SMILES string of the molecule is COc1cccc(CS(=O)(=O)c2ccc(N)cc2F)c1. The Morgan fingerprint density at radius 1 is 1.20 bits per heavy atom. The molecule has 0 atom stereocenters. The second-order valence-electron chi connectivity index (χ2n) is 4.30. The Kier molecular flexibility index (Phi) is 3.94. The predicted octanol–water partition coefficient (Wildman–Crippen LogP) is 2.39. The van der Waals surface area contributed by atoms with Crippen LogP contribution in [0.15, 0.2) is 47.4 Å². The molecule has 0 aliphatic heterocycles. The average molecular weight is 295 g/mol. The number of hydrogen-bond donors (Lipinski definition) is 1. The van der Waals surface area contributed by atoms with E-state index in [-0.39, 0.29) is 16.3 Å². The molecule has 0 fully saturated rings. The van der Waals surface area contributed by atoms with Gasteiger partial charge in [0.2, 0.25) is 0 Å². The first kappa shape index (κ1) is 14.3. The number of hydrogen-bond acceptors (Lipinski definition) is 4. The van der Waals surface area contributed by atoms with Gasteiger partial charge in [0.05, 0.1) is 12.9 Å². The molecule has 0 bridgehead atoms. The lowest BCUT2D eigenvalue weighted by Crippen LogP contribution is -2.07. The van der Waals surface area contributed by atoms with E-state index in [2.05, 4.69) is 0 Å². The number of rotatable bonds is 4. The molecule has 2 aromatic carbocycles. The number of anilines is 1. The van der Waals surface area contributed by atoms with Gasteiger partial charge in [-0.2, -0.15) is 0 Å². The number of benzene rings is 2. The van der Waals surface area contributed by atoms with Gasteiger partial charge in [0.15, 0.2) is 9.84 Å². The molecule has 0 aromatic heterocycles. The fourth-order valence-electron chi connectivity index (χ4n) is 1.83.